The largest absolute Gasteiger partial charge is 0.496 e. The van der Waals surface area contributed by atoms with Crippen LogP contribution in [0.1, 0.15) is 11.1 Å². The van der Waals surface area contributed by atoms with E-state index in [-0.39, 0.29) is 11.5 Å². The number of nitrogens with zero attached hydrogens (tertiary/aromatic N) is 1. The van der Waals surface area contributed by atoms with Crippen molar-refractivity contribution in [3.8, 4) is 17.2 Å². The number of hydrogen-bond donors (Lipinski definition) is 1. The fourth-order valence-corrected chi connectivity index (χ4v) is 5.18. The van der Waals surface area contributed by atoms with Crippen LogP contribution in [0, 0.1) is 0 Å². The van der Waals surface area contributed by atoms with Gasteiger partial charge in [-0.15, -0.1) is 0 Å². The van der Waals surface area contributed by atoms with Crippen LogP contribution in [0.3, 0.4) is 0 Å². The lowest BCUT2D eigenvalue weighted by Gasteiger charge is -2.14. The third kappa shape index (κ3) is 6.57. The first kappa shape index (κ1) is 26.6. The highest BCUT2D eigenvalue weighted by Gasteiger charge is 2.16. The number of halogens is 4. The molecule has 0 saturated carbocycles. The van der Waals surface area contributed by atoms with Gasteiger partial charge >= 0.3 is 0 Å². The van der Waals surface area contributed by atoms with Crippen molar-refractivity contribution in [1.29, 1.82) is 0 Å². The van der Waals surface area contributed by atoms with Crippen molar-refractivity contribution in [3.63, 3.8) is 0 Å². The van der Waals surface area contributed by atoms with Crippen molar-refractivity contribution in [2.75, 3.05) is 14.2 Å². The van der Waals surface area contributed by atoms with Crippen LogP contribution < -0.4 is 19.0 Å². The molecule has 3 rings (SSSR count). The fraction of sp³-hybridized carbons (Fsp3) is 0.136. The maximum Gasteiger partial charge on any atom is 0.276 e. The van der Waals surface area contributed by atoms with E-state index in [0.717, 1.165) is 5.56 Å². The Kier molecular flexibility index (Phi) is 9.11. The highest BCUT2D eigenvalue weighted by molar-refractivity contribution is 9.11. The van der Waals surface area contributed by atoms with Gasteiger partial charge in [-0.3, -0.25) is 0 Å². The van der Waals surface area contributed by atoms with Gasteiger partial charge in [0.2, 0.25) is 0 Å². The molecule has 0 aliphatic rings. The van der Waals surface area contributed by atoms with Gasteiger partial charge < -0.3 is 14.2 Å². The van der Waals surface area contributed by atoms with Gasteiger partial charge in [-0.25, -0.2) is 4.83 Å². The van der Waals surface area contributed by atoms with Crippen LogP contribution in [0.25, 0.3) is 0 Å². The van der Waals surface area contributed by atoms with Crippen LogP contribution in [0.4, 0.5) is 0 Å². The predicted molar refractivity (Wildman–Crippen MR) is 140 cm³/mol. The fourth-order valence-electron chi connectivity index (χ4n) is 2.78. The molecular formula is C22H18Br2Cl2N2O5S. The molecule has 0 fully saturated rings. The molecule has 34 heavy (non-hydrogen) atoms. The number of hydrazone groups is 1. The summed E-state index contributed by atoms with van der Waals surface area (Å²) < 4.78 is 42.6. The standard InChI is InChI=1S/C22H18Br2Cl2N2O5S/c1-31-20-6-4-15(10-16(20)23)34(29,30)28-27-11-14-7-17(24)22(21(9-14)32-2)33-12-13-3-5-18(25)19(26)8-13/h3-11,28H,12H2,1-2H3/b27-11-. The van der Waals surface area contributed by atoms with E-state index in [2.05, 4.69) is 41.8 Å². The average Bonchev–Trinajstić information content (AvgIpc) is 2.80. The van der Waals surface area contributed by atoms with E-state index in [9.17, 15) is 8.42 Å². The minimum absolute atomic E-state index is 0.0298. The van der Waals surface area contributed by atoms with Crippen molar-refractivity contribution in [3.05, 3.63) is 78.6 Å². The van der Waals surface area contributed by atoms with Crippen LogP contribution in [0.5, 0.6) is 17.2 Å². The van der Waals surface area contributed by atoms with E-state index >= 15 is 0 Å². The molecule has 0 amide bonds. The molecule has 0 unspecified atom stereocenters. The highest BCUT2D eigenvalue weighted by atomic mass is 79.9. The molecule has 0 radical (unpaired) electrons. The molecule has 3 aromatic carbocycles. The number of sulfonamides is 1. The first-order valence-electron chi connectivity index (χ1n) is 9.47. The highest BCUT2D eigenvalue weighted by Crippen LogP contribution is 2.37. The molecule has 0 spiro atoms. The third-order valence-corrected chi connectivity index (χ3v) is 7.61. The summed E-state index contributed by atoms with van der Waals surface area (Å²) in [5.41, 5.74) is 1.40. The number of methoxy groups -OCH3 is 2. The maximum atomic E-state index is 12.5. The van der Waals surface area contributed by atoms with Crippen molar-refractivity contribution in [1.82, 2.24) is 4.83 Å². The molecule has 180 valence electrons. The van der Waals surface area contributed by atoms with Gasteiger partial charge in [0, 0.05) is 0 Å². The molecule has 0 saturated heterocycles. The van der Waals surface area contributed by atoms with E-state index in [1.807, 2.05) is 6.07 Å². The zero-order valence-electron chi connectivity index (χ0n) is 17.8. The number of rotatable bonds is 9. The predicted octanol–water partition coefficient (Wildman–Crippen LogP) is 6.43. The number of ether oxygens (including phenoxy) is 3. The van der Waals surface area contributed by atoms with E-state index in [4.69, 9.17) is 37.4 Å². The van der Waals surface area contributed by atoms with E-state index in [1.54, 1.807) is 30.3 Å². The van der Waals surface area contributed by atoms with Crippen LogP contribution in [-0.2, 0) is 16.6 Å². The molecule has 0 aliphatic heterocycles. The second-order valence-corrected chi connectivity index (χ2v) is 10.9. The van der Waals surface area contributed by atoms with Crippen molar-refractivity contribution >= 4 is 71.3 Å². The summed E-state index contributed by atoms with van der Waals surface area (Å²) in [6.45, 7) is 0.233. The maximum absolute atomic E-state index is 12.5. The van der Waals surface area contributed by atoms with Gasteiger partial charge in [-0.05, 0) is 85.5 Å². The number of benzene rings is 3. The summed E-state index contributed by atoms with van der Waals surface area (Å²) in [6, 6.07) is 13.0. The van der Waals surface area contributed by atoms with Crippen LogP contribution in [-0.4, -0.2) is 28.9 Å². The van der Waals surface area contributed by atoms with Crippen molar-refractivity contribution in [2.24, 2.45) is 5.10 Å². The molecule has 3 aromatic rings. The third-order valence-electron chi connectivity index (χ3n) is 4.44. The quantitative estimate of drug-likeness (QED) is 0.213. The lowest BCUT2D eigenvalue weighted by molar-refractivity contribution is 0.282. The summed E-state index contributed by atoms with van der Waals surface area (Å²) >= 11 is 18.7. The second-order valence-electron chi connectivity index (χ2n) is 6.72. The zero-order valence-corrected chi connectivity index (χ0v) is 23.3. The van der Waals surface area contributed by atoms with Gasteiger partial charge in [0.25, 0.3) is 10.0 Å². The molecule has 12 heteroatoms. The Morgan fingerprint density at radius 2 is 1.68 bits per heavy atom. The Morgan fingerprint density at radius 1 is 0.941 bits per heavy atom. The van der Waals surface area contributed by atoms with Gasteiger partial charge in [0.15, 0.2) is 11.5 Å². The molecule has 0 aliphatic carbocycles. The Bertz CT molecular complexity index is 1340. The normalized spacial score (nSPS) is 11.5. The minimum Gasteiger partial charge on any atom is -0.496 e. The van der Waals surface area contributed by atoms with Gasteiger partial charge in [-0.1, -0.05) is 29.3 Å². The van der Waals surface area contributed by atoms with Crippen LogP contribution in [0.15, 0.2) is 67.5 Å². The van der Waals surface area contributed by atoms with E-state index in [0.29, 0.717) is 41.8 Å². The Morgan fingerprint density at radius 3 is 2.32 bits per heavy atom. The topological polar surface area (TPSA) is 86.2 Å². The molecule has 0 aromatic heterocycles. The Balaban J connectivity index is 1.74. The van der Waals surface area contributed by atoms with Crippen molar-refractivity contribution in [2.45, 2.75) is 11.5 Å². The van der Waals surface area contributed by atoms with Gasteiger partial charge in [-0.2, -0.15) is 13.5 Å². The summed E-state index contributed by atoms with van der Waals surface area (Å²) in [4.78, 5) is 2.22. The lowest BCUT2D eigenvalue weighted by atomic mass is 10.2. The van der Waals surface area contributed by atoms with Crippen LogP contribution >= 0.6 is 55.1 Å². The monoisotopic (exact) mass is 650 g/mol. The average molecular weight is 653 g/mol. The van der Waals surface area contributed by atoms with Gasteiger partial charge in [0.1, 0.15) is 12.4 Å². The molecular weight excluding hydrogens is 635 g/mol. The summed E-state index contributed by atoms with van der Waals surface area (Å²) in [5, 5.41) is 4.76. The lowest BCUT2D eigenvalue weighted by Crippen LogP contribution is -2.18. The SMILES string of the molecule is COc1ccc(S(=O)(=O)N/N=C\c2cc(Br)c(OCc3ccc(Cl)c(Cl)c3)c(OC)c2)cc1Br. The smallest absolute Gasteiger partial charge is 0.276 e. The molecule has 7 nitrogen and oxygen atoms in total. The zero-order chi connectivity index (χ0) is 24.9. The molecule has 0 bridgehead atoms. The minimum atomic E-state index is -3.88. The molecule has 0 atom stereocenters. The van der Waals surface area contributed by atoms with Crippen LogP contribution in [0.2, 0.25) is 10.0 Å². The first-order valence-corrected chi connectivity index (χ1v) is 13.3. The summed E-state index contributed by atoms with van der Waals surface area (Å²) in [6.07, 6.45) is 1.35. The number of hydrogen-bond acceptors (Lipinski definition) is 6. The summed E-state index contributed by atoms with van der Waals surface area (Å²) in [5.74, 6) is 1.41. The Hall–Kier alpha value is -1.98. The first-order chi connectivity index (χ1) is 16.1. The molecule has 1 N–H and O–H groups in total. The van der Waals surface area contributed by atoms with E-state index in [1.165, 1.54) is 32.6 Å². The second kappa shape index (κ2) is 11.6. The van der Waals surface area contributed by atoms with Crippen molar-refractivity contribution < 1.29 is 22.6 Å². The Labute approximate surface area is 224 Å². The number of nitrogens with one attached hydrogen (secondary N) is 1. The molecule has 0 heterocycles. The summed E-state index contributed by atoms with van der Waals surface area (Å²) in [7, 11) is -0.887. The van der Waals surface area contributed by atoms with E-state index < -0.39 is 10.0 Å². The van der Waals surface area contributed by atoms with Gasteiger partial charge in [0.05, 0.1) is 44.3 Å².